The molecule has 0 fully saturated rings. The molecule has 0 aromatic carbocycles. The van der Waals surface area contributed by atoms with E-state index in [2.05, 4.69) is 10.2 Å². The Labute approximate surface area is 93.1 Å². The number of ether oxygens (including phenoxy) is 1. The van der Waals surface area contributed by atoms with E-state index in [1.807, 2.05) is 13.8 Å². The first kappa shape index (κ1) is 11.0. The van der Waals surface area contributed by atoms with Gasteiger partial charge < -0.3 is 4.74 Å². The molecule has 0 bridgehead atoms. The van der Waals surface area contributed by atoms with Crippen molar-refractivity contribution in [2.45, 2.75) is 19.3 Å². The van der Waals surface area contributed by atoms with E-state index in [1.54, 1.807) is 17.6 Å². The van der Waals surface area contributed by atoms with E-state index >= 15 is 0 Å². The number of halogens is 1. The van der Waals surface area contributed by atoms with Crippen molar-refractivity contribution in [3.05, 3.63) is 30.0 Å². The van der Waals surface area contributed by atoms with Crippen LogP contribution in [0.1, 0.15) is 19.7 Å². The van der Waals surface area contributed by atoms with Crippen LogP contribution < -0.4 is 0 Å². The predicted molar refractivity (Wildman–Crippen MR) is 57.8 cm³/mol. The van der Waals surface area contributed by atoms with Crippen LogP contribution in [0.3, 0.4) is 0 Å². The second-order valence-electron chi connectivity index (χ2n) is 4.42. The highest BCUT2D eigenvalue weighted by atomic mass is 19.1. The van der Waals surface area contributed by atoms with Crippen molar-refractivity contribution >= 4 is 5.65 Å². The smallest absolute Gasteiger partial charge is 0.160 e. The quantitative estimate of drug-likeness (QED) is 0.796. The molecule has 2 heterocycles. The number of nitrogens with zero attached hydrogens (tertiary/aromatic N) is 3. The monoisotopic (exact) mass is 223 g/mol. The van der Waals surface area contributed by atoms with Crippen molar-refractivity contribution in [2.24, 2.45) is 0 Å². The molecule has 0 radical (unpaired) electrons. The van der Waals surface area contributed by atoms with Gasteiger partial charge in [0.05, 0.1) is 6.61 Å². The Morgan fingerprint density at radius 1 is 1.38 bits per heavy atom. The van der Waals surface area contributed by atoms with Gasteiger partial charge in [-0.1, -0.05) is 13.8 Å². The van der Waals surface area contributed by atoms with Gasteiger partial charge in [0.2, 0.25) is 0 Å². The highest BCUT2D eigenvalue weighted by Crippen LogP contribution is 2.22. The molecule has 0 saturated carbocycles. The van der Waals surface area contributed by atoms with E-state index in [-0.39, 0.29) is 11.2 Å². The molecular formula is C11H14FN3O. The van der Waals surface area contributed by atoms with Gasteiger partial charge in [0, 0.05) is 18.7 Å². The lowest BCUT2D eigenvalue weighted by Gasteiger charge is -2.21. The predicted octanol–water partition coefficient (Wildman–Crippen LogP) is 1.79. The van der Waals surface area contributed by atoms with Crippen LogP contribution in [0.25, 0.3) is 5.65 Å². The lowest BCUT2D eigenvalue weighted by Crippen LogP contribution is -2.26. The van der Waals surface area contributed by atoms with E-state index in [4.69, 9.17) is 4.74 Å². The van der Waals surface area contributed by atoms with Crippen LogP contribution in [-0.4, -0.2) is 28.3 Å². The Kier molecular flexibility index (Phi) is 2.63. The van der Waals surface area contributed by atoms with E-state index in [1.165, 1.54) is 12.3 Å². The van der Waals surface area contributed by atoms with E-state index in [9.17, 15) is 4.39 Å². The number of methoxy groups -OCH3 is 1. The Morgan fingerprint density at radius 3 is 2.81 bits per heavy atom. The minimum absolute atomic E-state index is 0.304. The fourth-order valence-corrected chi connectivity index (χ4v) is 1.75. The molecule has 0 aliphatic carbocycles. The van der Waals surface area contributed by atoms with Crippen LogP contribution in [0, 0.1) is 5.82 Å². The highest BCUT2D eigenvalue weighted by Gasteiger charge is 2.26. The highest BCUT2D eigenvalue weighted by molar-refractivity contribution is 5.38. The number of hydrogen-bond acceptors (Lipinski definition) is 3. The van der Waals surface area contributed by atoms with E-state index < -0.39 is 0 Å². The van der Waals surface area contributed by atoms with Crippen molar-refractivity contribution in [3.63, 3.8) is 0 Å². The first-order valence-corrected chi connectivity index (χ1v) is 5.04. The number of fused-ring (bicyclic) bond motifs is 1. The van der Waals surface area contributed by atoms with Crippen molar-refractivity contribution in [1.29, 1.82) is 0 Å². The molecule has 0 atom stereocenters. The summed E-state index contributed by atoms with van der Waals surface area (Å²) in [7, 11) is 1.63. The zero-order valence-electron chi connectivity index (χ0n) is 9.57. The van der Waals surface area contributed by atoms with Crippen LogP contribution in [0.5, 0.6) is 0 Å². The molecular weight excluding hydrogens is 209 g/mol. The number of pyridine rings is 1. The summed E-state index contributed by atoms with van der Waals surface area (Å²) in [6.07, 6.45) is 1.39. The third-order valence-corrected chi connectivity index (χ3v) is 2.48. The summed E-state index contributed by atoms with van der Waals surface area (Å²) in [6, 6.07) is 2.98. The second kappa shape index (κ2) is 3.83. The maximum atomic E-state index is 13.2. The number of hydrogen-bond donors (Lipinski definition) is 0. The normalized spacial score (nSPS) is 12.2. The Morgan fingerprint density at radius 2 is 2.12 bits per heavy atom. The van der Waals surface area contributed by atoms with Crippen molar-refractivity contribution in [3.8, 4) is 0 Å². The van der Waals surface area contributed by atoms with Crippen LogP contribution in [-0.2, 0) is 10.2 Å². The van der Waals surface area contributed by atoms with Crippen molar-refractivity contribution in [1.82, 2.24) is 14.6 Å². The van der Waals surface area contributed by atoms with Crippen molar-refractivity contribution < 1.29 is 9.13 Å². The van der Waals surface area contributed by atoms with Crippen LogP contribution in [0.2, 0.25) is 0 Å². The molecule has 0 saturated heterocycles. The molecule has 86 valence electrons. The molecule has 0 amide bonds. The second-order valence-corrected chi connectivity index (χ2v) is 4.42. The zero-order valence-corrected chi connectivity index (χ0v) is 9.57. The summed E-state index contributed by atoms with van der Waals surface area (Å²) in [4.78, 5) is 0. The van der Waals surface area contributed by atoms with Gasteiger partial charge in [-0.3, -0.25) is 4.40 Å². The van der Waals surface area contributed by atoms with Crippen LogP contribution in [0.15, 0.2) is 18.3 Å². The van der Waals surface area contributed by atoms with Gasteiger partial charge in [-0.2, -0.15) is 0 Å². The standard InChI is InChI=1S/C11H14FN3O/c1-11(2,7-16-3)10-14-13-9-5-4-8(12)6-15(9)10/h4-6H,7H2,1-3H3. The minimum atomic E-state index is -0.304. The molecule has 0 unspecified atom stereocenters. The van der Waals surface area contributed by atoms with Crippen LogP contribution in [0.4, 0.5) is 4.39 Å². The third kappa shape index (κ3) is 1.78. The topological polar surface area (TPSA) is 39.4 Å². The Hall–Kier alpha value is -1.49. The lowest BCUT2D eigenvalue weighted by molar-refractivity contribution is 0.142. The average molecular weight is 223 g/mol. The van der Waals surface area contributed by atoms with Gasteiger partial charge in [-0.15, -0.1) is 10.2 Å². The van der Waals surface area contributed by atoms with Gasteiger partial charge in [-0.05, 0) is 12.1 Å². The molecule has 2 rings (SSSR count). The summed E-state index contributed by atoms with van der Waals surface area (Å²) in [6.45, 7) is 4.47. The first-order valence-electron chi connectivity index (χ1n) is 5.04. The molecule has 0 aliphatic rings. The van der Waals surface area contributed by atoms with Gasteiger partial charge in [0.15, 0.2) is 5.65 Å². The van der Waals surface area contributed by atoms with Crippen molar-refractivity contribution in [2.75, 3.05) is 13.7 Å². The maximum absolute atomic E-state index is 13.2. The first-order chi connectivity index (χ1) is 7.54. The lowest BCUT2D eigenvalue weighted by atomic mass is 9.94. The minimum Gasteiger partial charge on any atom is -0.384 e. The largest absolute Gasteiger partial charge is 0.384 e. The molecule has 4 nitrogen and oxygen atoms in total. The summed E-state index contributed by atoms with van der Waals surface area (Å²) >= 11 is 0. The molecule has 16 heavy (non-hydrogen) atoms. The summed E-state index contributed by atoms with van der Waals surface area (Å²) < 4.78 is 20.0. The molecule has 2 aromatic rings. The Balaban J connectivity index is 2.56. The van der Waals surface area contributed by atoms with Gasteiger partial charge in [0.1, 0.15) is 11.6 Å². The molecule has 0 spiro atoms. The van der Waals surface area contributed by atoms with E-state index in [0.29, 0.717) is 18.1 Å². The van der Waals surface area contributed by atoms with Gasteiger partial charge in [0.25, 0.3) is 0 Å². The fraction of sp³-hybridized carbons (Fsp3) is 0.455. The van der Waals surface area contributed by atoms with Crippen LogP contribution >= 0.6 is 0 Å². The summed E-state index contributed by atoms with van der Waals surface area (Å²) in [5, 5.41) is 8.09. The number of aromatic nitrogens is 3. The Bertz CT molecular complexity index is 507. The third-order valence-electron chi connectivity index (χ3n) is 2.48. The SMILES string of the molecule is COCC(C)(C)c1nnc2ccc(F)cn12. The average Bonchev–Trinajstić information content (AvgIpc) is 2.60. The fourth-order valence-electron chi connectivity index (χ4n) is 1.75. The molecule has 0 N–H and O–H groups in total. The molecule has 2 aromatic heterocycles. The van der Waals surface area contributed by atoms with Gasteiger partial charge in [-0.25, -0.2) is 4.39 Å². The number of rotatable bonds is 3. The maximum Gasteiger partial charge on any atom is 0.160 e. The van der Waals surface area contributed by atoms with Gasteiger partial charge >= 0.3 is 0 Å². The molecule has 5 heteroatoms. The van der Waals surface area contributed by atoms with E-state index in [0.717, 1.165) is 0 Å². The summed E-state index contributed by atoms with van der Waals surface area (Å²) in [5.41, 5.74) is 0.336. The zero-order chi connectivity index (χ0) is 11.8. The summed E-state index contributed by atoms with van der Waals surface area (Å²) in [5.74, 6) is 0.394. The molecule has 0 aliphatic heterocycles.